The summed E-state index contributed by atoms with van der Waals surface area (Å²) in [6, 6.07) is 27.7. The summed E-state index contributed by atoms with van der Waals surface area (Å²) in [5.41, 5.74) is 4.46. The Morgan fingerprint density at radius 2 is 0.971 bits per heavy atom. The van der Waals surface area contributed by atoms with Gasteiger partial charge in [-0.2, -0.15) is 0 Å². The van der Waals surface area contributed by atoms with Crippen molar-refractivity contribution in [3.05, 3.63) is 107 Å². The van der Waals surface area contributed by atoms with Crippen LogP contribution in [0.1, 0.15) is 28.7 Å². The van der Waals surface area contributed by atoms with Crippen molar-refractivity contribution >= 4 is 11.8 Å². The molecule has 182 valence electrons. The molecule has 4 N–H and O–H groups in total. The molecule has 2 aliphatic rings. The van der Waals surface area contributed by atoms with E-state index in [0.717, 1.165) is 22.3 Å². The zero-order chi connectivity index (χ0) is 24.3. The van der Waals surface area contributed by atoms with E-state index in [4.69, 9.17) is 0 Å². The van der Waals surface area contributed by atoms with Crippen molar-refractivity contribution in [2.75, 3.05) is 13.1 Å². The van der Waals surface area contributed by atoms with E-state index in [1.807, 2.05) is 60.7 Å². The smallest absolute Gasteiger partial charge is 0.237 e. The molecular weight excluding hydrogens is 436 g/mol. The number of carbonyl (C=O) groups is 2. The molecule has 0 saturated heterocycles. The number of nitrogens with one attached hydrogen (secondary N) is 4. The maximum atomic E-state index is 13.0. The summed E-state index contributed by atoms with van der Waals surface area (Å²) in [4.78, 5) is 25.9. The Balaban J connectivity index is 1.45. The number of hydrogen-bond donors (Lipinski definition) is 4. The summed E-state index contributed by atoms with van der Waals surface area (Å²) in [5.74, 6) is -0.0468. The van der Waals surface area contributed by atoms with Crippen molar-refractivity contribution in [3.8, 4) is 0 Å². The van der Waals surface area contributed by atoms with Gasteiger partial charge in [-0.05, 0) is 41.5 Å². The highest BCUT2D eigenvalue weighted by Crippen LogP contribution is 2.09. The second kappa shape index (κ2) is 12.8. The van der Waals surface area contributed by atoms with Crippen LogP contribution in [0.5, 0.6) is 0 Å². The van der Waals surface area contributed by atoms with Gasteiger partial charge in [0.1, 0.15) is 0 Å². The van der Waals surface area contributed by atoms with Crippen LogP contribution in [-0.2, 0) is 35.5 Å². The molecule has 35 heavy (non-hydrogen) atoms. The van der Waals surface area contributed by atoms with Gasteiger partial charge in [0.25, 0.3) is 0 Å². The third-order valence-corrected chi connectivity index (χ3v) is 6.28. The van der Waals surface area contributed by atoms with Crippen LogP contribution in [0.2, 0.25) is 0 Å². The van der Waals surface area contributed by atoms with Crippen LogP contribution >= 0.6 is 0 Å². The monoisotopic (exact) mass is 470 g/mol. The molecule has 2 aliphatic heterocycles. The molecule has 2 heterocycles. The highest BCUT2D eigenvalue weighted by atomic mass is 16.2. The zero-order valence-electron chi connectivity index (χ0n) is 20.0. The normalized spacial score (nSPS) is 20.0. The average Bonchev–Trinajstić information content (AvgIpc) is 2.90. The van der Waals surface area contributed by atoms with E-state index in [2.05, 4.69) is 45.5 Å². The van der Waals surface area contributed by atoms with Crippen molar-refractivity contribution < 1.29 is 9.59 Å². The number of benzene rings is 3. The molecule has 0 fully saturated rings. The Bertz CT molecular complexity index is 984. The molecule has 0 saturated carbocycles. The second-order valence-electron chi connectivity index (χ2n) is 9.00. The maximum Gasteiger partial charge on any atom is 0.237 e. The maximum absolute atomic E-state index is 13.0. The number of carbonyl (C=O) groups excluding carboxylic acids is 2. The Labute approximate surface area is 207 Å². The minimum absolute atomic E-state index is 0.0234. The molecular formula is C29H34N4O2. The SMILES string of the molecule is O=C1NCCCNC(=O)[C@H](Cc2ccccc2)NCc2ccc(cc2)CN[C@H]1Cc1ccccc1. The molecule has 2 amide bonds. The molecule has 0 spiro atoms. The quantitative estimate of drug-likeness (QED) is 0.473. The van der Waals surface area contributed by atoms with Gasteiger partial charge in [0.2, 0.25) is 11.8 Å². The van der Waals surface area contributed by atoms with E-state index in [1.165, 1.54) is 0 Å². The number of rotatable bonds is 4. The van der Waals surface area contributed by atoms with Crippen molar-refractivity contribution in [3.63, 3.8) is 0 Å². The third-order valence-electron chi connectivity index (χ3n) is 6.28. The molecule has 6 heteroatoms. The van der Waals surface area contributed by atoms with Gasteiger partial charge in [0, 0.05) is 26.2 Å². The van der Waals surface area contributed by atoms with Crippen LogP contribution in [0, 0.1) is 0 Å². The fourth-order valence-corrected chi connectivity index (χ4v) is 4.23. The summed E-state index contributed by atoms with van der Waals surface area (Å²) in [7, 11) is 0. The van der Waals surface area contributed by atoms with Gasteiger partial charge < -0.3 is 21.3 Å². The van der Waals surface area contributed by atoms with Crippen LogP contribution in [0.3, 0.4) is 0 Å². The summed E-state index contributed by atoms with van der Waals surface area (Å²) < 4.78 is 0. The van der Waals surface area contributed by atoms with Crippen LogP contribution in [0.25, 0.3) is 0 Å². The van der Waals surface area contributed by atoms with Crippen molar-refractivity contribution in [1.29, 1.82) is 0 Å². The van der Waals surface area contributed by atoms with E-state index >= 15 is 0 Å². The lowest BCUT2D eigenvalue weighted by Gasteiger charge is -2.19. The number of hydrogen-bond acceptors (Lipinski definition) is 4. The minimum Gasteiger partial charge on any atom is -0.355 e. The van der Waals surface area contributed by atoms with Crippen LogP contribution in [0.15, 0.2) is 84.9 Å². The summed E-state index contributed by atoms with van der Waals surface area (Å²) in [6.07, 6.45) is 1.91. The van der Waals surface area contributed by atoms with E-state index in [0.29, 0.717) is 45.4 Å². The molecule has 0 aromatic heterocycles. The van der Waals surface area contributed by atoms with E-state index in [1.54, 1.807) is 0 Å². The standard InChI is InChI=1S/C29H34N4O2/c34-28-26(18-22-8-3-1-4-9-22)32-20-24-12-14-25(15-13-24)21-33-27(19-23-10-5-2-6-11-23)29(35)31-17-7-16-30-28/h1-6,8-15,26-27,32-33H,7,16-21H2,(H,30,34)(H,31,35)/t26-,27-/m0/s1. The molecule has 3 aromatic rings. The molecule has 2 atom stereocenters. The second-order valence-corrected chi connectivity index (χ2v) is 9.00. The first kappa shape index (κ1) is 24.6. The van der Waals surface area contributed by atoms with Crippen molar-refractivity contribution in [2.45, 2.75) is 44.4 Å². The Kier molecular flexibility index (Phi) is 9.04. The fraction of sp³-hybridized carbons (Fsp3) is 0.310. The molecule has 0 radical (unpaired) electrons. The number of fused-ring (bicyclic) bond motifs is 14. The summed E-state index contributed by atoms with van der Waals surface area (Å²) in [5, 5.41) is 12.9. The van der Waals surface area contributed by atoms with Gasteiger partial charge in [-0.25, -0.2) is 0 Å². The molecule has 0 unspecified atom stereocenters. The molecule has 2 bridgehead atoms. The first-order chi connectivity index (χ1) is 17.2. The Hall–Kier alpha value is -3.48. The first-order valence-electron chi connectivity index (χ1n) is 12.4. The lowest BCUT2D eigenvalue weighted by molar-refractivity contribution is -0.123. The zero-order valence-corrected chi connectivity index (χ0v) is 20.0. The Morgan fingerprint density at radius 1 is 0.571 bits per heavy atom. The third kappa shape index (κ3) is 7.77. The molecule has 6 nitrogen and oxygen atoms in total. The summed E-state index contributed by atoms with van der Waals surface area (Å²) >= 11 is 0. The Morgan fingerprint density at radius 3 is 1.37 bits per heavy atom. The predicted molar refractivity (Wildman–Crippen MR) is 139 cm³/mol. The van der Waals surface area contributed by atoms with E-state index in [9.17, 15) is 9.59 Å². The highest BCUT2D eigenvalue weighted by Gasteiger charge is 2.20. The van der Waals surface area contributed by atoms with Gasteiger partial charge in [-0.3, -0.25) is 9.59 Å². The average molecular weight is 471 g/mol. The minimum atomic E-state index is -0.334. The van der Waals surface area contributed by atoms with E-state index in [-0.39, 0.29) is 23.9 Å². The van der Waals surface area contributed by atoms with Crippen LogP contribution in [0.4, 0.5) is 0 Å². The topological polar surface area (TPSA) is 82.3 Å². The van der Waals surface area contributed by atoms with E-state index < -0.39 is 0 Å². The largest absolute Gasteiger partial charge is 0.355 e. The first-order valence-corrected chi connectivity index (χ1v) is 12.4. The molecule has 5 rings (SSSR count). The lowest BCUT2D eigenvalue weighted by atomic mass is 10.0. The predicted octanol–water partition coefficient (Wildman–Crippen LogP) is 2.72. The van der Waals surface area contributed by atoms with Gasteiger partial charge in [0.15, 0.2) is 0 Å². The van der Waals surface area contributed by atoms with Gasteiger partial charge in [-0.1, -0.05) is 84.9 Å². The van der Waals surface area contributed by atoms with Crippen molar-refractivity contribution in [2.24, 2.45) is 0 Å². The van der Waals surface area contributed by atoms with Crippen LogP contribution < -0.4 is 21.3 Å². The molecule has 3 aromatic carbocycles. The summed E-state index contributed by atoms with van der Waals surface area (Å²) in [6.45, 7) is 2.24. The van der Waals surface area contributed by atoms with Gasteiger partial charge in [-0.15, -0.1) is 0 Å². The fourth-order valence-electron chi connectivity index (χ4n) is 4.23. The highest BCUT2D eigenvalue weighted by molar-refractivity contribution is 5.82. The van der Waals surface area contributed by atoms with Crippen LogP contribution in [-0.4, -0.2) is 37.0 Å². The van der Waals surface area contributed by atoms with Gasteiger partial charge >= 0.3 is 0 Å². The van der Waals surface area contributed by atoms with Gasteiger partial charge in [0.05, 0.1) is 12.1 Å². The number of amides is 2. The molecule has 0 aliphatic carbocycles. The van der Waals surface area contributed by atoms with Crippen molar-refractivity contribution in [1.82, 2.24) is 21.3 Å². The lowest BCUT2D eigenvalue weighted by Crippen LogP contribution is -2.47.